The van der Waals surface area contributed by atoms with Crippen molar-refractivity contribution in [3.8, 4) is 0 Å². The summed E-state index contributed by atoms with van der Waals surface area (Å²) in [5.74, 6) is 0. The van der Waals surface area contributed by atoms with Crippen LogP contribution in [-0.4, -0.2) is 35.2 Å². The average molecular weight is 348 g/mol. The Balaban J connectivity index is 2.11. The maximum absolute atomic E-state index is 12.2. The highest BCUT2D eigenvalue weighted by Gasteiger charge is 2.32. The van der Waals surface area contributed by atoms with Crippen LogP contribution in [0, 0.1) is 6.92 Å². The van der Waals surface area contributed by atoms with Gasteiger partial charge in [0.15, 0.2) is 0 Å². The summed E-state index contributed by atoms with van der Waals surface area (Å²) in [6.45, 7) is 2.23. The summed E-state index contributed by atoms with van der Waals surface area (Å²) in [7, 11) is 0. The molecule has 0 aromatic heterocycles. The Morgan fingerprint density at radius 1 is 1.58 bits per heavy atom. The van der Waals surface area contributed by atoms with E-state index in [4.69, 9.17) is 16.7 Å². The molecule has 0 unspecified atom stereocenters. The van der Waals surface area contributed by atoms with Gasteiger partial charge in [-0.3, -0.25) is 0 Å². The molecule has 0 radical (unpaired) electrons. The number of aliphatic hydroxyl groups excluding tert-OH is 1. The number of anilines is 1. The third kappa shape index (κ3) is 3.61. The first kappa shape index (κ1) is 14.6. The molecule has 104 valence electrons. The third-order valence-electron chi connectivity index (χ3n) is 3.08. The van der Waals surface area contributed by atoms with E-state index in [1.807, 2.05) is 13.0 Å². The number of rotatable bonds is 4. The van der Waals surface area contributed by atoms with Crippen molar-refractivity contribution in [2.24, 2.45) is 0 Å². The number of carbonyl (C=O) groups is 1. The van der Waals surface area contributed by atoms with Crippen molar-refractivity contribution < 1.29 is 9.90 Å². The summed E-state index contributed by atoms with van der Waals surface area (Å²) in [5, 5.41) is 12.5. The quantitative estimate of drug-likeness (QED) is 0.877. The molecule has 2 rings (SSSR count). The Bertz CT molecular complexity index is 492. The molecule has 1 aromatic carbocycles. The van der Waals surface area contributed by atoms with Gasteiger partial charge < -0.3 is 15.3 Å². The van der Waals surface area contributed by atoms with E-state index >= 15 is 0 Å². The Kier molecular flexibility index (Phi) is 4.71. The molecule has 4 nitrogen and oxygen atoms in total. The van der Waals surface area contributed by atoms with Crippen molar-refractivity contribution in [1.82, 2.24) is 4.90 Å². The molecule has 1 fully saturated rings. The Labute approximate surface area is 125 Å². The summed E-state index contributed by atoms with van der Waals surface area (Å²) in [5.41, 5.74) is 1.59. The van der Waals surface area contributed by atoms with Crippen LogP contribution in [0.25, 0.3) is 0 Å². The summed E-state index contributed by atoms with van der Waals surface area (Å²) in [6, 6.07) is 3.65. The zero-order chi connectivity index (χ0) is 14.0. The number of nitrogens with one attached hydrogen (secondary N) is 1. The number of carbonyl (C=O) groups excluding carboxylic acids is 1. The van der Waals surface area contributed by atoms with Crippen LogP contribution in [0.2, 0.25) is 5.02 Å². The van der Waals surface area contributed by atoms with Crippen LogP contribution in [0.3, 0.4) is 0 Å². The van der Waals surface area contributed by atoms with E-state index in [0.29, 0.717) is 17.3 Å². The lowest BCUT2D eigenvalue weighted by Crippen LogP contribution is -2.38. The lowest BCUT2D eigenvalue weighted by Gasteiger charge is -2.22. The predicted octanol–water partition coefficient (Wildman–Crippen LogP) is 3.40. The molecule has 0 saturated heterocycles. The zero-order valence-electron chi connectivity index (χ0n) is 10.6. The molecule has 6 heteroatoms. The Morgan fingerprint density at radius 2 is 2.26 bits per heavy atom. The van der Waals surface area contributed by atoms with E-state index in [1.165, 1.54) is 0 Å². The molecule has 0 bridgehead atoms. The fraction of sp³-hybridized carbons (Fsp3) is 0.462. The van der Waals surface area contributed by atoms with Crippen LogP contribution in [0.15, 0.2) is 16.6 Å². The number of halogens is 2. The topological polar surface area (TPSA) is 52.6 Å². The second-order valence-electron chi connectivity index (χ2n) is 4.66. The number of hydrogen-bond donors (Lipinski definition) is 2. The van der Waals surface area contributed by atoms with Gasteiger partial charge in [0.05, 0.1) is 12.3 Å². The number of hydrogen-bond acceptors (Lipinski definition) is 2. The molecule has 19 heavy (non-hydrogen) atoms. The molecule has 2 amide bonds. The minimum absolute atomic E-state index is 0.0280. The molecular weight excluding hydrogens is 332 g/mol. The monoisotopic (exact) mass is 346 g/mol. The molecule has 0 atom stereocenters. The largest absolute Gasteiger partial charge is 0.395 e. The minimum Gasteiger partial charge on any atom is -0.395 e. The third-order valence-corrected chi connectivity index (χ3v) is 4.14. The zero-order valence-corrected chi connectivity index (χ0v) is 13.0. The van der Waals surface area contributed by atoms with E-state index in [0.717, 1.165) is 22.9 Å². The van der Waals surface area contributed by atoms with Gasteiger partial charge in [-0.05, 0) is 53.4 Å². The molecule has 2 N–H and O–H groups in total. The summed E-state index contributed by atoms with van der Waals surface area (Å²) >= 11 is 9.47. The van der Waals surface area contributed by atoms with Crippen molar-refractivity contribution >= 4 is 39.2 Å². The summed E-state index contributed by atoms with van der Waals surface area (Å²) < 4.78 is 0.794. The molecule has 0 heterocycles. The standard InChI is InChI=1S/C13H16BrClN2O2/c1-8-6-10(14)12(7-11(8)15)16-13(19)17(4-5-18)9-2-3-9/h6-7,9,18H,2-5H2,1H3,(H,16,19). The lowest BCUT2D eigenvalue weighted by atomic mass is 10.2. The van der Waals surface area contributed by atoms with Gasteiger partial charge in [-0.15, -0.1) is 0 Å². The molecule has 1 aliphatic carbocycles. The second kappa shape index (κ2) is 6.11. The van der Waals surface area contributed by atoms with Gasteiger partial charge >= 0.3 is 6.03 Å². The van der Waals surface area contributed by atoms with Gasteiger partial charge in [0.1, 0.15) is 0 Å². The Hall–Kier alpha value is -0.780. The molecule has 1 saturated carbocycles. The number of aryl methyl sites for hydroxylation is 1. The van der Waals surface area contributed by atoms with Crippen LogP contribution in [0.4, 0.5) is 10.5 Å². The van der Waals surface area contributed by atoms with Crippen LogP contribution >= 0.6 is 27.5 Å². The van der Waals surface area contributed by atoms with E-state index in [-0.39, 0.29) is 18.7 Å². The van der Waals surface area contributed by atoms with Gasteiger partial charge in [-0.1, -0.05) is 11.6 Å². The second-order valence-corrected chi connectivity index (χ2v) is 5.92. The fourth-order valence-corrected chi connectivity index (χ4v) is 2.59. The van der Waals surface area contributed by atoms with Crippen molar-refractivity contribution in [3.05, 3.63) is 27.2 Å². The van der Waals surface area contributed by atoms with Crippen LogP contribution in [0.1, 0.15) is 18.4 Å². The predicted molar refractivity (Wildman–Crippen MR) is 79.7 cm³/mol. The highest BCUT2D eigenvalue weighted by molar-refractivity contribution is 9.10. The van der Waals surface area contributed by atoms with Crippen molar-refractivity contribution in [2.45, 2.75) is 25.8 Å². The van der Waals surface area contributed by atoms with Crippen LogP contribution in [0.5, 0.6) is 0 Å². The van der Waals surface area contributed by atoms with Gasteiger partial charge in [0.25, 0.3) is 0 Å². The average Bonchev–Trinajstić information content (AvgIpc) is 3.17. The van der Waals surface area contributed by atoms with E-state index < -0.39 is 0 Å². The number of benzene rings is 1. The van der Waals surface area contributed by atoms with Crippen LogP contribution in [-0.2, 0) is 0 Å². The Morgan fingerprint density at radius 3 is 2.84 bits per heavy atom. The van der Waals surface area contributed by atoms with Gasteiger partial charge in [-0.25, -0.2) is 4.79 Å². The SMILES string of the molecule is Cc1cc(Br)c(NC(=O)N(CCO)C2CC2)cc1Cl. The lowest BCUT2D eigenvalue weighted by molar-refractivity contribution is 0.185. The summed E-state index contributed by atoms with van der Waals surface area (Å²) in [4.78, 5) is 13.8. The van der Waals surface area contributed by atoms with Crippen molar-refractivity contribution in [1.29, 1.82) is 0 Å². The van der Waals surface area contributed by atoms with Gasteiger partial charge in [-0.2, -0.15) is 0 Å². The van der Waals surface area contributed by atoms with Crippen LogP contribution < -0.4 is 5.32 Å². The molecule has 1 aromatic rings. The summed E-state index contributed by atoms with van der Waals surface area (Å²) in [6.07, 6.45) is 2.01. The highest BCUT2D eigenvalue weighted by Crippen LogP contribution is 2.31. The number of aliphatic hydroxyl groups is 1. The van der Waals surface area contributed by atoms with Gasteiger partial charge in [0.2, 0.25) is 0 Å². The molecular formula is C13H16BrClN2O2. The smallest absolute Gasteiger partial charge is 0.322 e. The maximum atomic E-state index is 12.2. The normalized spacial score (nSPS) is 14.3. The highest BCUT2D eigenvalue weighted by atomic mass is 79.9. The van der Waals surface area contributed by atoms with Gasteiger partial charge in [0, 0.05) is 22.1 Å². The number of nitrogens with zero attached hydrogens (tertiary/aromatic N) is 1. The molecule has 1 aliphatic rings. The van der Waals surface area contributed by atoms with Crippen molar-refractivity contribution in [2.75, 3.05) is 18.5 Å². The maximum Gasteiger partial charge on any atom is 0.322 e. The minimum atomic E-state index is -0.197. The number of amides is 2. The molecule has 0 spiro atoms. The first-order valence-corrected chi connectivity index (χ1v) is 7.34. The van der Waals surface area contributed by atoms with E-state index in [1.54, 1.807) is 11.0 Å². The van der Waals surface area contributed by atoms with Crippen molar-refractivity contribution in [3.63, 3.8) is 0 Å². The van der Waals surface area contributed by atoms with E-state index in [9.17, 15) is 4.79 Å². The fourth-order valence-electron chi connectivity index (χ4n) is 1.87. The molecule has 0 aliphatic heterocycles. The number of urea groups is 1. The van der Waals surface area contributed by atoms with E-state index in [2.05, 4.69) is 21.2 Å². The first-order valence-electron chi connectivity index (χ1n) is 6.17. The first-order chi connectivity index (χ1) is 9.02.